The van der Waals surface area contributed by atoms with Gasteiger partial charge < -0.3 is 10.8 Å². The first-order valence-corrected chi connectivity index (χ1v) is 5.04. The van der Waals surface area contributed by atoms with E-state index in [0.29, 0.717) is 12.0 Å². The summed E-state index contributed by atoms with van der Waals surface area (Å²) in [6.07, 6.45) is 0.386. The van der Waals surface area contributed by atoms with Gasteiger partial charge in [0.1, 0.15) is 5.82 Å². The van der Waals surface area contributed by atoms with Gasteiger partial charge in [0.25, 0.3) is 0 Å². The molecule has 0 radical (unpaired) electrons. The normalized spacial score (nSPS) is 12.0. The van der Waals surface area contributed by atoms with Crippen LogP contribution in [0.25, 0.3) is 0 Å². The Balaban J connectivity index is 0.00000169. The Hall–Kier alpha value is 0.0900. The van der Waals surface area contributed by atoms with Crippen molar-refractivity contribution in [3.63, 3.8) is 0 Å². The number of rotatable bonds is 3. The summed E-state index contributed by atoms with van der Waals surface area (Å²) < 4.78 is 14.1. The molecule has 0 aliphatic carbocycles. The van der Waals surface area contributed by atoms with Crippen molar-refractivity contribution in [2.75, 3.05) is 6.61 Å². The van der Waals surface area contributed by atoms with Gasteiger partial charge in [-0.25, -0.2) is 4.39 Å². The van der Waals surface area contributed by atoms with Crippen LogP contribution in [0.4, 0.5) is 4.39 Å². The molecule has 1 aromatic rings. The molecule has 1 aromatic carbocycles. The zero-order valence-corrected chi connectivity index (χ0v) is 10.4. The number of benzene rings is 1. The van der Waals surface area contributed by atoms with Crippen LogP contribution in [0.2, 0.25) is 0 Å². The SMILES string of the molecule is Cl.N[C@@H](CCO)c1cc(I)ccc1F. The van der Waals surface area contributed by atoms with Gasteiger partial charge in [-0.2, -0.15) is 0 Å². The summed E-state index contributed by atoms with van der Waals surface area (Å²) in [5.74, 6) is -0.304. The zero-order chi connectivity index (χ0) is 9.84. The Bertz CT molecular complexity index is 298. The Kier molecular flexibility index (Phi) is 6.59. The van der Waals surface area contributed by atoms with Gasteiger partial charge in [0.05, 0.1) is 0 Å². The summed E-state index contributed by atoms with van der Waals surface area (Å²) in [4.78, 5) is 0. The summed E-state index contributed by atoms with van der Waals surface area (Å²) >= 11 is 2.10. The van der Waals surface area contributed by atoms with Crippen molar-refractivity contribution in [3.8, 4) is 0 Å². The third-order valence-electron chi connectivity index (χ3n) is 1.80. The molecule has 0 spiro atoms. The Morgan fingerprint density at radius 1 is 1.50 bits per heavy atom. The molecule has 0 amide bonds. The molecule has 2 nitrogen and oxygen atoms in total. The van der Waals surface area contributed by atoms with E-state index in [0.717, 1.165) is 3.57 Å². The molecule has 3 N–H and O–H groups in total. The molecule has 5 heteroatoms. The molecule has 0 bridgehead atoms. The van der Waals surface area contributed by atoms with Crippen LogP contribution in [0, 0.1) is 9.39 Å². The van der Waals surface area contributed by atoms with E-state index in [2.05, 4.69) is 22.6 Å². The monoisotopic (exact) mass is 331 g/mol. The van der Waals surface area contributed by atoms with Crippen molar-refractivity contribution < 1.29 is 9.50 Å². The molecule has 0 aromatic heterocycles. The number of hydrogen-bond acceptors (Lipinski definition) is 2. The molecule has 0 aliphatic heterocycles. The van der Waals surface area contributed by atoms with Gasteiger partial charge in [0.15, 0.2) is 0 Å². The van der Waals surface area contributed by atoms with Gasteiger partial charge in [-0.3, -0.25) is 0 Å². The molecular weight excluding hydrogens is 319 g/mol. The molecular formula is C9H12ClFINO. The maximum atomic E-state index is 13.2. The lowest BCUT2D eigenvalue weighted by atomic mass is 10.0. The summed E-state index contributed by atoms with van der Waals surface area (Å²) in [6, 6.07) is 4.37. The number of hydrogen-bond donors (Lipinski definition) is 2. The lowest BCUT2D eigenvalue weighted by Crippen LogP contribution is -2.13. The summed E-state index contributed by atoms with van der Waals surface area (Å²) in [6.45, 7) is -0.0217. The van der Waals surface area contributed by atoms with E-state index in [1.54, 1.807) is 12.1 Å². The van der Waals surface area contributed by atoms with E-state index >= 15 is 0 Å². The van der Waals surface area contributed by atoms with E-state index in [1.807, 2.05) is 0 Å². The molecule has 14 heavy (non-hydrogen) atoms. The largest absolute Gasteiger partial charge is 0.396 e. The van der Waals surface area contributed by atoms with Crippen molar-refractivity contribution >= 4 is 35.0 Å². The quantitative estimate of drug-likeness (QED) is 0.835. The van der Waals surface area contributed by atoms with Gasteiger partial charge in [0.2, 0.25) is 0 Å². The van der Waals surface area contributed by atoms with Gasteiger partial charge in [-0.15, -0.1) is 12.4 Å². The lowest BCUT2D eigenvalue weighted by molar-refractivity contribution is 0.275. The molecule has 0 saturated heterocycles. The van der Waals surface area contributed by atoms with Crippen LogP contribution in [0.1, 0.15) is 18.0 Å². The predicted molar refractivity (Wildman–Crippen MR) is 65.0 cm³/mol. The van der Waals surface area contributed by atoms with Gasteiger partial charge in [-0.1, -0.05) is 0 Å². The minimum atomic E-state index is -0.417. The fourth-order valence-electron chi connectivity index (χ4n) is 1.09. The van der Waals surface area contributed by atoms with Crippen LogP contribution in [-0.2, 0) is 0 Å². The highest BCUT2D eigenvalue weighted by molar-refractivity contribution is 14.1. The van der Waals surface area contributed by atoms with Crippen LogP contribution in [0.15, 0.2) is 18.2 Å². The maximum Gasteiger partial charge on any atom is 0.128 e. The van der Waals surface area contributed by atoms with Crippen molar-refractivity contribution in [3.05, 3.63) is 33.1 Å². The molecule has 0 saturated carbocycles. The maximum absolute atomic E-state index is 13.2. The number of aliphatic hydroxyl groups excluding tert-OH is 1. The van der Waals surface area contributed by atoms with Crippen LogP contribution >= 0.6 is 35.0 Å². The highest BCUT2D eigenvalue weighted by Crippen LogP contribution is 2.19. The Morgan fingerprint density at radius 3 is 2.71 bits per heavy atom. The molecule has 0 heterocycles. The molecule has 0 aliphatic rings. The molecule has 0 fully saturated rings. The molecule has 80 valence electrons. The van der Waals surface area contributed by atoms with Crippen LogP contribution in [-0.4, -0.2) is 11.7 Å². The van der Waals surface area contributed by atoms with Crippen molar-refractivity contribution in [1.29, 1.82) is 0 Å². The van der Waals surface area contributed by atoms with Crippen LogP contribution in [0.3, 0.4) is 0 Å². The summed E-state index contributed by atoms with van der Waals surface area (Å²) in [5, 5.41) is 8.65. The Morgan fingerprint density at radius 2 is 2.14 bits per heavy atom. The van der Waals surface area contributed by atoms with E-state index < -0.39 is 6.04 Å². The molecule has 1 rings (SSSR count). The fraction of sp³-hybridized carbons (Fsp3) is 0.333. The van der Waals surface area contributed by atoms with Crippen LogP contribution < -0.4 is 5.73 Å². The number of halogens is 3. The summed E-state index contributed by atoms with van der Waals surface area (Å²) in [7, 11) is 0. The van der Waals surface area contributed by atoms with Gasteiger partial charge >= 0.3 is 0 Å². The second-order valence-electron chi connectivity index (χ2n) is 2.78. The standard InChI is InChI=1S/C9H11FINO.ClH/c10-8-2-1-6(11)5-7(8)9(12)3-4-13;/h1-2,5,9,13H,3-4,12H2;1H/t9-;/m0./s1. The average Bonchev–Trinajstić information content (AvgIpc) is 2.09. The minimum Gasteiger partial charge on any atom is -0.396 e. The Labute approximate surface area is 102 Å². The van der Waals surface area contributed by atoms with Gasteiger partial charge in [-0.05, 0) is 47.2 Å². The first-order chi connectivity index (χ1) is 6.15. The van der Waals surface area contributed by atoms with E-state index in [-0.39, 0.29) is 24.8 Å². The lowest BCUT2D eigenvalue weighted by Gasteiger charge is -2.11. The van der Waals surface area contributed by atoms with E-state index in [4.69, 9.17) is 10.8 Å². The second-order valence-corrected chi connectivity index (χ2v) is 4.03. The van der Waals surface area contributed by atoms with Crippen LogP contribution in [0.5, 0.6) is 0 Å². The molecule has 0 unspecified atom stereocenters. The fourth-order valence-corrected chi connectivity index (χ4v) is 1.61. The second kappa shape index (κ2) is 6.55. The van der Waals surface area contributed by atoms with Crippen molar-refractivity contribution in [2.45, 2.75) is 12.5 Å². The first-order valence-electron chi connectivity index (χ1n) is 3.96. The highest BCUT2D eigenvalue weighted by atomic mass is 127. The van der Waals surface area contributed by atoms with Crippen molar-refractivity contribution in [1.82, 2.24) is 0 Å². The topological polar surface area (TPSA) is 46.2 Å². The van der Waals surface area contributed by atoms with Crippen molar-refractivity contribution in [2.24, 2.45) is 5.73 Å². The smallest absolute Gasteiger partial charge is 0.128 e. The third-order valence-corrected chi connectivity index (χ3v) is 2.47. The third kappa shape index (κ3) is 3.68. The minimum absolute atomic E-state index is 0. The van der Waals surface area contributed by atoms with E-state index in [1.165, 1.54) is 6.07 Å². The number of aliphatic hydroxyl groups is 1. The highest BCUT2D eigenvalue weighted by Gasteiger charge is 2.10. The summed E-state index contributed by atoms with van der Waals surface area (Å²) in [5.41, 5.74) is 6.14. The average molecular weight is 332 g/mol. The van der Waals surface area contributed by atoms with Gasteiger partial charge in [0, 0.05) is 21.8 Å². The zero-order valence-electron chi connectivity index (χ0n) is 7.41. The van der Waals surface area contributed by atoms with E-state index in [9.17, 15) is 4.39 Å². The predicted octanol–water partition coefficient (Wildman–Crippen LogP) is 2.23. The number of nitrogens with two attached hydrogens (primary N) is 1. The first kappa shape index (κ1) is 14.1. The molecule has 1 atom stereocenters.